The molecule has 0 aromatic carbocycles. The van der Waals surface area contributed by atoms with Crippen LogP contribution >= 0.6 is 22.6 Å². The first-order chi connectivity index (χ1) is 5.54. The first-order valence-electron chi connectivity index (χ1n) is 3.29. The minimum Gasteiger partial charge on any atom is -0.394 e. The van der Waals surface area contributed by atoms with Crippen molar-refractivity contribution in [1.29, 1.82) is 0 Å². The Balaban J connectivity index is 4.07. The van der Waals surface area contributed by atoms with Crippen LogP contribution in [-0.4, -0.2) is 55.6 Å². The first kappa shape index (κ1) is 12.2. The average molecular weight is 290 g/mol. The fraction of sp³-hybridized carbons (Fsp3) is 0.833. The van der Waals surface area contributed by atoms with Gasteiger partial charge in [-0.1, -0.05) is 22.6 Å². The zero-order chi connectivity index (χ0) is 9.72. The standard InChI is InChI=1S/C6H11IO5/c7-5(3(10)1-8)6(12)4(11)2-9/h1,3-6,9-12H,2H2/t3-,4+,5+,6+/m0/s1. The van der Waals surface area contributed by atoms with Gasteiger partial charge in [0.05, 0.1) is 16.6 Å². The third kappa shape index (κ3) is 3.31. The maximum Gasteiger partial charge on any atom is 0.149 e. The van der Waals surface area contributed by atoms with Crippen LogP contribution in [0, 0.1) is 0 Å². The summed E-state index contributed by atoms with van der Waals surface area (Å²) in [6, 6.07) is 0. The van der Waals surface area contributed by atoms with Crippen LogP contribution in [0.5, 0.6) is 0 Å². The van der Waals surface area contributed by atoms with Crippen LogP contribution in [0.1, 0.15) is 0 Å². The van der Waals surface area contributed by atoms with Crippen LogP contribution in [-0.2, 0) is 4.79 Å². The summed E-state index contributed by atoms with van der Waals surface area (Å²) in [4.78, 5) is 10.1. The molecule has 0 aromatic rings. The van der Waals surface area contributed by atoms with Crippen LogP contribution in [0.2, 0.25) is 0 Å². The van der Waals surface area contributed by atoms with Crippen LogP contribution in [0.4, 0.5) is 0 Å². The molecule has 12 heavy (non-hydrogen) atoms. The lowest BCUT2D eigenvalue weighted by Crippen LogP contribution is -2.42. The van der Waals surface area contributed by atoms with Crippen molar-refractivity contribution < 1.29 is 25.2 Å². The Morgan fingerprint density at radius 2 is 1.83 bits per heavy atom. The molecule has 72 valence electrons. The molecule has 0 radical (unpaired) electrons. The predicted octanol–water partition coefficient (Wildman–Crippen LogP) is -1.94. The molecule has 0 amide bonds. The highest BCUT2D eigenvalue weighted by Gasteiger charge is 2.28. The minimum absolute atomic E-state index is 0.268. The number of aliphatic hydroxyl groups is 4. The van der Waals surface area contributed by atoms with E-state index in [0.29, 0.717) is 0 Å². The van der Waals surface area contributed by atoms with Crippen molar-refractivity contribution in [1.82, 2.24) is 0 Å². The lowest BCUT2D eigenvalue weighted by atomic mass is 10.1. The molecular weight excluding hydrogens is 279 g/mol. The summed E-state index contributed by atoms with van der Waals surface area (Å²) in [6.07, 6.45) is -3.70. The van der Waals surface area contributed by atoms with Crippen LogP contribution in [0.3, 0.4) is 0 Å². The molecule has 0 saturated carbocycles. The summed E-state index contributed by atoms with van der Waals surface area (Å²) in [5.41, 5.74) is 0. The average Bonchev–Trinajstić information content (AvgIpc) is 2.12. The lowest BCUT2D eigenvalue weighted by Gasteiger charge is -2.22. The number of carbonyl (C=O) groups is 1. The Morgan fingerprint density at radius 3 is 2.17 bits per heavy atom. The molecule has 0 bridgehead atoms. The highest BCUT2D eigenvalue weighted by atomic mass is 127. The van der Waals surface area contributed by atoms with E-state index in [0.717, 1.165) is 0 Å². The van der Waals surface area contributed by atoms with Crippen molar-refractivity contribution >= 4 is 28.9 Å². The van der Waals surface area contributed by atoms with Gasteiger partial charge in [0.1, 0.15) is 18.5 Å². The quantitative estimate of drug-likeness (QED) is 0.268. The van der Waals surface area contributed by atoms with Crippen molar-refractivity contribution in [2.24, 2.45) is 0 Å². The Labute approximate surface area is 83.2 Å². The Hall–Kier alpha value is 0.240. The third-order valence-electron chi connectivity index (χ3n) is 1.37. The second-order valence-electron chi connectivity index (χ2n) is 2.31. The zero-order valence-electron chi connectivity index (χ0n) is 6.17. The summed E-state index contributed by atoms with van der Waals surface area (Å²) < 4.78 is -0.817. The fourth-order valence-corrected chi connectivity index (χ4v) is 1.25. The monoisotopic (exact) mass is 290 g/mol. The van der Waals surface area contributed by atoms with Gasteiger partial charge in [0.25, 0.3) is 0 Å². The second kappa shape index (κ2) is 5.81. The molecule has 4 N–H and O–H groups in total. The van der Waals surface area contributed by atoms with Gasteiger partial charge in [-0.3, -0.25) is 0 Å². The van der Waals surface area contributed by atoms with Crippen molar-refractivity contribution in [2.45, 2.75) is 22.2 Å². The van der Waals surface area contributed by atoms with Gasteiger partial charge in [-0.25, -0.2) is 0 Å². The van der Waals surface area contributed by atoms with Gasteiger partial charge in [0.2, 0.25) is 0 Å². The molecule has 5 nitrogen and oxygen atoms in total. The Morgan fingerprint density at radius 1 is 1.33 bits per heavy atom. The van der Waals surface area contributed by atoms with Gasteiger partial charge in [-0.15, -0.1) is 0 Å². The first-order valence-corrected chi connectivity index (χ1v) is 4.53. The van der Waals surface area contributed by atoms with Gasteiger partial charge in [-0.05, 0) is 0 Å². The molecule has 6 heteroatoms. The largest absolute Gasteiger partial charge is 0.394 e. The van der Waals surface area contributed by atoms with Gasteiger partial charge in [0, 0.05) is 0 Å². The molecule has 0 fully saturated rings. The van der Waals surface area contributed by atoms with E-state index in [-0.39, 0.29) is 6.29 Å². The number of aldehydes is 1. The Bertz CT molecular complexity index is 142. The number of rotatable bonds is 5. The van der Waals surface area contributed by atoms with Crippen LogP contribution in [0.25, 0.3) is 0 Å². The van der Waals surface area contributed by atoms with Gasteiger partial charge in [0.15, 0.2) is 0 Å². The highest BCUT2D eigenvalue weighted by Crippen LogP contribution is 2.13. The van der Waals surface area contributed by atoms with Crippen molar-refractivity contribution in [3.63, 3.8) is 0 Å². The van der Waals surface area contributed by atoms with Crippen LogP contribution < -0.4 is 0 Å². The normalized spacial score (nSPS) is 21.1. The number of hydrogen-bond acceptors (Lipinski definition) is 5. The number of carbonyl (C=O) groups excluding carboxylic acids is 1. The molecule has 4 atom stereocenters. The number of alkyl halides is 1. The van der Waals surface area contributed by atoms with E-state index in [9.17, 15) is 4.79 Å². The molecule has 0 spiro atoms. The van der Waals surface area contributed by atoms with E-state index in [4.69, 9.17) is 20.4 Å². The number of aliphatic hydroxyl groups excluding tert-OH is 4. The number of halogens is 1. The van der Waals surface area contributed by atoms with E-state index in [1.165, 1.54) is 0 Å². The van der Waals surface area contributed by atoms with Crippen molar-refractivity contribution in [3.05, 3.63) is 0 Å². The van der Waals surface area contributed by atoms with E-state index < -0.39 is 28.8 Å². The van der Waals surface area contributed by atoms with E-state index in [1.807, 2.05) is 0 Å². The zero-order valence-corrected chi connectivity index (χ0v) is 8.33. The molecule has 0 aromatic heterocycles. The smallest absolute Gasteiger partial charge is 0.149 e. The van der Waals surface area contributed by atoms with Gasteiger partial charge >= 0.3 is 0 Å². The van der Waals surface area contributed by atoms with E-state index >= 15 is 0 Å². The molecule has 0 aliphatic rings. The van der Waals surface area contributed by atoms with Gasteiger partial charge in [-0.2, -0.15) is 0 Å². The molecule has 0 rings (SSSR count). The topological polar surface area (TPSA) is 98.0 Å². The van der Waals surface area contributed by atoms with Gasteiger partial charge < -0.3 is 25.2 Å². The van der Waals surface area contributed by atoms with Crippen LogP contribution in [0.15, 0.2) is 0 Å². The highest BCUT2D eigenvalue weighted by molar-refractivity contribution is 14.1. The SMILES string of the molecule is O=C[C@H](O)[C@@H](I)[C@H](O)[C@H](O)CO. The molecule has 0 unspecified atom stereocenters. The molecule has 0 saturated heterocycles. The van der Waals surface area contributed by atoms with E-state index in [1.54, 1.807) is 22.6 Å². The molecule has 0 aliphatic carbocycles. The number of hydrogen-bond donors (Lipinski definition) is 4. The summed E-state index contributed by atoms with van der Waals surface area (Å²) in [6.45, 7) is -0.605. The summed E-state index contributed by atoms with van der Waals surface area (Å²) in [5.74, 6) is 0. The Kier molecular flexibility index (Phi) is 5.93. The summed E-state index contributed by atoms with van der Waals surface area (Å²) >= 11 is 1.63. The van der Waals surface area contributed by atoms with Crippen molar-refractivity contribution in [3.8, 4) is 0 Å². The minimum atomic E-state index is -1.33. The molecule has 0 aliphatic heterocycles. The summed E-state index contributed by atoms with van der Waals surface area (Å²) in [7, 11) is 0. The third-order valence-corrected chi connectivity index (χ3v) is 2.85. The predicted molar refractivity (Wildman–Crippen MR) is 49.0 cm³/mol. The lowest BCUT2D eigenvalue weighted by molar-refractivity contribution is -0.116. The second-order valence-corrected chi connectivity index (χ2v) is 3.75. The fourth-order valence-electron chi connectivity index (χ4n) is 0.597. The van der Waals surface area contributed by atoms with Crippen molar-refractivity contribution in [2.75, 3.05) is 6.61 Å². The summed E-state index contributed by atoms with van der Waals surface area (Å²) in [5, 5.41) is 35.4. The molecule has 0 heterocycles. The van der Waals surface area contributed by atoms with E-state index in [2.05, 4.69) is 0 Å². The maximum absolute atomic E-state index is 10.1. The molecular formula is C6H11IO5. The maximum atomic E-state index is 10.1.